The Kier molecular flexibility index (Phi) is 6.00. The lowest BCUT2D eigenvalue weighted by Crippen LogP contribution is -2.51. The molecule has 2 fully saturated rings. The van der Waals surface area contributed by atoms with Crippen LogP contribution in [0.15, 0.2) is 47.1 Å². The third-order valence-electron chi connectivity index (χ3n) is 6.04. The molecule has 1 aromatic carbocycles. The molecule has 2 saturated heterocycles. The van der Waals surface area contributed by atoms with Crippen LogP contribution in [0.4, 0.5) is 0 Å². The SMILES string of the molecule is Cc1cccc(CN2CCN(C(=O)C3CCN(C(=O)c4ccco4)CC3)CC2)c1. The summed E-state index contributed by atoms with van der Waals surface area (Å²) in [4.78, 5) is 31.6. The highest BCUT2D eigenvalue weighted by Gasteiger charge is 2.32. The van der Waals surface area contributed by atoms with Gasteiger partial charge in [0.1, 0.15) is 0 Å². The average molecular weight is 396 g/mol. The Morgan fingerprint density at radius 1 is 0.966 bits per heavy atom. The molecular formula is C23H29N3O3. The zero-order valence-corrected chi connectivity index (χ0v) is 17.0. The van der Waals surface area contributed by atoms with Gasteiger partial charge in [-0.1, -0.05) is 29.8 Å². The smallest absolute Gasteiger partial charge is 0.289 e. The van der Waals surface area contributed by atoms with Crippen molar-refractivity contribution in [2.45, 2.75) is 26.3 Å². The molecule has 0 spiro atoms. The summed E-state index contributed by atoms with van der Waals surface area (Å²) < 4.78 is 5.21. The van der Waals surface area contributed by atoms with Gasteiger partial charge in [0.2, 0.25) is 5.91 Å². The van der Waals surface area contributed by atoms with Crippen molar-refractivity contribution in [3.8, 4) is 0 Å². The van der Waals surface area contributed by atoms with Gasteiger partial charge in [-0.25, -0.2) is 0 Å². The van der Waals surface area contributed by atoms with Gasteiger partial charge in [0, 0.05) is 51.7 Å². The lowest BCUT2D eigenvalue weighted by molar-refractivity contribution is -0.138. The average Bonchev–Trinajstić information content (AvgIpc) is 3.28. The maximum absolute atomic E-state index is 13.0. The Morgan fingerprint density at radius 3 is 2.38 bits per heavy atom. The van der Waals surface area contributed by atoms with E-state index in [1.165, 1.54) is 17.4 Å². The fourth-order valence-corrected chi connectivity index (χ4v) is 4.34. The van der Waals surface area contributed by atoms with Crippen LogP contribution in [0.2, 0.25) is 0 Å². The largest absolute Gasteiger partial charge is 0.459 e. The van der Waals surface area contributed by atoms with Crippen molar-refractivity contribution >= 4 is 11.8 Å². The predicted octanol–water partition coefficient (Wildman–Crippen LogP) is 2.78. The number of piperazine rings is 1. The number of hydrogen-bond donors (Lipinski definition) is 0. The Morgan fingerprint density at radius 2 is 1.72 bits per heavy atom. The number of carbonyl (C=O) groups excluding carboxylic acids is 2. The molecule has 1 aromatic heterocycles. The molecule has 2 aliphatic heterocycles. The van der Waals surface area contributed by atoms with Gasteiger partial charge < -0.3 is 14.2 Å². The van der Waals surface area contributed by atoms with Crippen LogP contribution in [0.5, 0.6) is 0 Å². The molecular weight excluding hydrogens is 366 g/mol. The molecule has 2 aliphatic rings. The molecule has 2 amide bonds. The first-order valence-corrected chi connectivity index (χ1v) is 10.5. The number of aryl methyl sites for hydroxylation is 1. The molecule has 0 aliphatic carbocycles. The van der Waals surface area contributed by atoms with Crippen LogP contribution in [-0.4, -0.2) is 65.8 Å². The molecule has 2 aromatic rings. The molecule has 0 unspecified atom stereocenters. The quantitative estimate of drug-likeness (QED) is 0.799. The van der Waals surface area contributed by atoms with E-state index in [9.17, 15) is 9.59 Å². The summed E-state index contributed by atoms with van der Waals surface area (Å²) in [5, 5.41) is 0. The first-order valence-electron chi connectivity index (χ1n) is 10.5. The molecule has 6 heteroatoms. The number of piperidine rings is 1. The van der Waals surface area contributed by atoms with Crippen LogP contribution in [0.25, 0.3) is 0 Å². The fourth-order valence-electron chi connectivity index (χ4n) is 4.34. The van der Waals surface area contributed by atoms with Gasteiger partial charge in [0.25, 0.3) is 5.91 Å². The number of furan rings is 1. The van der Waals surface area contributed by atoms with Crippen molar-refractivity contribution in [2.75, 3.05) is 39.3 Å². The zero-order chi connectivity index (χ0) is 20.2. The van der Waals surface area contributed by atoms with Gasteiger partial charge in [-0.2, -0.15) is 0 Å². The first-order chi connectivity index (χ1) is 14.1. The van der Waals surface area contributed by atoms with Crippen LogP contribution in [0, 0.1) is 12.8 Å². The second kappa shape index (κ2) is 8.82. The Labute approximate surface area is 172 Å². The molecule has 3 heterocycles. The number of benzene rings is 1. The van der Waals surface area contributed by atoms with Crippen LogP contribution in [0.3, 0.4) is 0 Å². The number of likely N-dealkylation sites (tertiary alicyclic amines) is 1. The van der Waals surface area contributed by atoms with Gasteiger partial charge in [-0.15, -0.1) is 0 Å². The fraction of sp³-hybridized carbons (Fsp3) is 0.478. The molecule has 0 bridgehead atoms. The van der Waals surface area contributed by atoms with Gasteiger partial charge in [-0.05, 0) is 37.5 Å². The van der Waals surface area contributed by atoms with E-state index in [4.69, 9.17) is 4.42 Å². The summed E-state index contributed by atoms with van der Waals surface area (Å²) in [5.74, 6) is 0.578. The molecule has 154 valence electrons. The molecule has 4 rings (SSSR count). The summed E-state index contributed by atoms with van der Waals surface area (Å²) in [7, 11) is 0. The van der Waals surface area contributed by atoms with Gasteiger partial charge >= 0.3 is 0 Å². The standard InChI is InChI=1S/C23H29N3O3/c1-18-4-2-5-19(16-18)17-24-11-13-26(14-12-24)22(27)20-7-9-25(10-8-20)23(28)21-6-3-15-29-21/h2-6,15-16,20H,7-14,17H2,1H3. The van der Waals surface area contributed by atoms with E-state index in [1.807, 2.05) is 4.90 Å². The van der Waals surface area contributed by atoms with Gasteiger partial charge in [0.05, 0.1) is 6.26 Å². The monoisotopic (exact) mass is 395 g/mol. The first kappa shape index (κ1) is 19.7. The number of rotatable bonds is 4. The van der Waals surface area contributed by atoms with Crippen molar-refractivity contribution in [1.82, 2.24) is 14.7 Å². The number of amides is 2. The second-order valence-electron chi connectivity index (χ2n) is 8.13. The van der Waals surface area contributed by atoms with Gasteiger partial charge in [-0.3, -0.25) is 14.5 Å². The van der Waals surface area contributed by atoms with E-state index < -0.39 is 0 Å². The molecule has 6 nitrogen and oxygen atoms in total. The molecule has 0 atom stereocenters. The molecule has 0 radical (unpaired) electrons. The number of nitrogens with zero attached hydrogens (tertiary/aromatic N) is 3. The highest BCUT2D eigenvalue weighted by atomic mass is 16.3. The minimum atomic E-state index is -0.0781. The van der Waals surface area contributed by atoms with Crippen LogP contribution in [-0.2, 0) is 11.3 Å². The highest BCUT2D eigenvalue weighted by molar-refractivity contribution is 5.91. The van der Waals surface area contributed by atoms with Crippen molar-refractivity contribution < 1.29 is 14.0 Å². The summed E-state index contributed by atoms with van der Waals surface area (Å²) in [6.07, 6.45) is 2.98. The maximum atomic E-state index is 13.0. The summed E-state index contributed by atoms with van der Waals surface area (Å²) in [6, 6.07) is 12.0. The van der Waals surface area contributed by atoms with E-state index in [0.717, 1.165) is 45.6 Å². The lowest BCUT2D eigenvalue weighted by atomic mass is 9.94. The molecule has 0 N–H and O–H groups in total. The topological polar surface area (TPSA) is 57.0 Å². The van der Waals surface area contributed by atoms with Crippen molar-refractivity contribution in [1.29, 1.82) is 0 Å². The molecule has 0 saturated carbocycles. The Balaban J connectivity index is 1.23. The van der Waals surface area contributed by atoms with E-state index in [-0.39, 0.29) is 17.7 Å². The zero-order valence-electron chi connectivity index (χ0n) is 17.0. The van der Waals surface area contributed by atoms with Crippen molar-refractivity contribution in [2.24, 2.45) is 5.92 Å². The van der Waals surface area contributed by atoms with E-state index in [2.05, 4.69) is 36.1 Å². The van der Waals surface area contributed by atoms with Crippen LogP contribution >= 0.6 is 0 Å². The highest BCUT2D eigenvalue weighted by Crippen LogP contribution is 2.22. The lowest BCUT2D eigenvalue weighted by Gasteiger charge is -2.38. The summed E-state index contributed by atoms with van der Waals surface area (Å²) in [5.41, 5.74) is 2.62. The number of carbonyl (C=O) groups is 2. The van der Waals surface area contributed by atoms with E-state index in [1.54, 1.807) is 17.0 Å². The maximum Gasteiger partial charge on any atom is 0.289 e. The summed E-state index contributed by atoms with van der Waals surface area (Å²) in [6.45, 7) is 7.69. The van der Waals surface area contributed by atoms with E-state index in [0.29, 0.717) is 18.8 Å². The van der Waals surface area contributed by atoms with Crippen LogP contribution < -0.4 is 0 Å². The Hall–Kier alpha value is -2.60. The third-order valence-corrected chi connectivity index (χ3v) is 6.04. The normalized spacial score (nSPS) is 18.8. The third kappa shape index (κ3) is 4.70. The van der Waals surface area contributed by atoms with Crippen molar-refractivity contribution in [3.05, 3.63) is 59.5 Å². The van der Waals surface area contributed by atoms with Crippen LogP contribution in [0.1, 0.15) is 34.5 Å². The van der Waals surface area contributed by atoms with Gasteiger partial charge in [0.15, 0.2) is 5.76 Å². The second-order valence-corrected chi connectivity index (χ2v) is 8.13. The predicted molar refractivity (Wildman–Crippen MR) is 110 cm³/mol. The summed E-state index contributed by atoms with van der Waals surface area (Å²) >= 11 is 0. The minimum absolute atomic E-state index is 0.0268. The molecule has 29 heavy (non-hydrogen) atoms. The minimum Gasteiger partial charge on any atom is -0.459 e. The number of hydrogen-bond acceptors (Lipinski definition) is 4. The Bertz CT molecular complexity index is 833. The van der Waals surface area contributed by atoms with E-state index >= 15 is 0 Å². The van der Waals surface area contributed by atoms with Crippen molar-refractivity contribution in [3.63, 3.8) is 0 Å².